The predicted molar refractivity (Wildman–Crippen MR) is 74.4 cm³/mol. The van der Waals surface area contributed by atoms with Crippen molar-refractivity contribution in [2.45, 2.75) is 25.9 Å². The Labute approximate surface area is 114 Å². The van der Waals surface area contributed by atoms with Crippen LogP contribution >= 0.6 is 0 Å². The topological polar surface area (TPSA) is 55.6 Å². The summed E-state index contributed by atoms with van der Waals surface area (Å²) in [5, 5.41) is 0. The zero-order valence-electron chi connectivity index (χ0n) is 11.5. The SMILES string of the molecule is COC(=O)C1CCCN(Cc2cccc(CN)c2)C1. The van der Waals surface area contributed by atoms with E-state index in [9.17, 15) is 4.79 Å². The number of likely N-dealkylation sites (tertiary alicyclic amines) is 1. The molecule has 2 N–H and O–H groups in total. The molecule has 0 aromatic heterocycles. The van der Waals surface area contributed by atoms with Crippen molar-refractivity contribution in [2.75, 3.05) is 20.2 Å². The highest BCUT2D eigenvalue weighted by molar-refractivity contribution is 5.72. The number of benzene rings is 1. The van der Waals surface area contributed by atoms with Crippen LogP contribution < -0.4 is 5.73 Å². The van der Waals surface area contributed by atoms with Gasteiger partial charge in [-0.25, -0.2) is 0 Å². The molecule has 19 heavy (non-hydrogen) atoms. The molecule has 0 saturated carbocycles. The van der Waals surface area contributed by atoms with Gasteiger partial charge < -0.3 is 10.5 Å². The summed E-state index contributed by atoms with van der Waals surface area (Å²) in [4.78, 5) is 13.9. The molecule has 4 heteroatoms. The van der Waals surface area contributed by atoms with Gasteiger partial charge in [0.15, 0.2) is 0 Å². The van der Waals surface area contributed by atoms with E-state index >= 15 is 0 Å². The number of nitrogens with zero attached hydrogens (tertiary/aromatic N) is 1. The van der Waals surface area contributed by atoms with E-state index in [1.54, 1.807) is 0 Å². The lowest BCUT2D eigenvalue weighted by molar-refractivity contribution is -0.147. The van der Waals surface area contributed by atoms with Crippen LogP contribution in [0.4, 0.5) is 0 Å². The first-order chi connectivity index (χ1) is 9.22. The number of ether oxygens (including phenoxy) is 1. The third-order valence-corrected chi connectivity index (χ3v) is 3.67. The maximum atomic E-state index is 11.6. The van der Waals surface area contributed by atoms with Crippen molar-refractivity contribution in [3.63, 3.8) is 0 Å². The maximum Gasteiger partial charge on any atom is 0.309 e. The van der Waals surface area contributed by atoms with Crippen LogP contribution in [0.5, 0.6) is 0 Å². The van der Waals surface area contributed by atoms with Gasteiger partial charge in [0.05, 0.1) is 13.0 Å². The van der Waals surface area contributed by atoms with Crippen molar-refractivity contribution in [1.82, 2.24) is 4.90 Å². The van der Waals surface area contributed by atoms with E-state index in [-0.39, 0.29) is 11.9 Å². The van der Waals surface area contributed by atoms with Gasteiger partial charge in [-0.3, -0.25) is 9.69 Å². The Morgan fingerprint density at radius 3 is 3.00 bits per heavy atom. The van der Waals surface area contributed by atoms with Gasteiger partial charge in [0, 0.05) is 19.6 Å². The molecule has 0 aliphatic carbocycles. The zero-order chi connectivity index (χ0) is 13.7. The molecule has 1 fully saturated rings. The maximum absolute atomic E-state index is 11.6. The number of nitrogens with two attached hydrogens (primary N) is 1. The van der Waals surface area contributed by atoms with Gasteiger partial charge in [0.2, 0.25) is 0 Å². The minimum absolute atomic E-state index is 0.0245. The molecule has 104 valence electrons. The lowest BCUT2D eigenvalue weighted by Gasteiger charge is -2.31. The Morgan fingerprint density at radius 1 is 1.47 bits per heavy atom. The largest absolute Gasteiger partial charge is 0.469 e. The third-order valence-electron chi connectivity index (χ3n) is 3.67. The van der Waals surface area contributed by atoms with Gasteiger partial charge >= 0.3 is 5.97 Å². The fraction of sp³-hybridized carbons (Fsp3) is 0.533. The summed E-state index contributed by atoms with van der Waals surface area (Å²) in [6.45, 7) is 3.28. The van der Waals surface area contributed by atoms with E-state index < -0.39 is 0 Å². The monoisotopic (exact) mass is 262 g/mol. The number of methoxy groups -OCH3 is 1. The molecular weight excluding hydrogens is 240 g/mol. The second-order valence-corrected chi connectivity index (χ2v) is 5.12. The average Bonchev–Trinajstić information content (AvgIpc) is 2.47. The molecule has 0 amide bonds. The summed E-state index contributed by atoms with van der Waals surface area (Å²) in [6, 6.07) is 8.33. The Balaban J connectivity index is 1.96. The highest BCUT2D eigenvalue weighted by Gasteiger charge is 2.26. The molecule has 1 saturated heterocycles. The number of hydrogen-bond donors (Lipinski definition) is 1. The molecule has 0 spiro atoms. The molecule has 1 aliphatic rings. The summed E-state index contributed by atoms with van der Waals surface area (Å²) in [7, 11) is 1.46. The van der Waals surface area contributed by atoms with Gasteiger partial charge in [-0.2, -0.15) is 0 Å². The summed E-state index contributed by atoms with van der Waals surface area (Å²) in [6.07, 6.45) is 1.99. The van der Waals surface area contributed by atoms with E-state index in [0.717, 1.165) is 38.0 Å². The van der Waals surface area contributed by atoms with Crippen molar-refractivity contribution in [2.24, 2.45) is 11.7 Å². The molecule has 4 nitrogen and oxygen atoms in total. The van der Waals surface area contributed by atoms with E-state index in [0.29, 0.717) is 6.54 Å². The molecule has 1 aromatic rings. The van der Waals surface area contributed by atoms with Gasteiger partial charge in [-0.1, -0.05) is 24.3 Å². The van der Waals surface area contributed by atoms with E-state index in [1.165, 1.54) is 12.7 Å². The minimum atomic E-state index is -0.0830. The summed E-state index contributed by atoms with van der Waals surface area (Å²) in [5.41, 5.74) is 8.07. The summed E-state index contributed by atoms with van der Waals surface area (Å²) in [5.74, 6) is -0.0585. The number of carbonyl (C=O) groups is 1. The molecule has 0 radical (unpaired) electrons. The fourth-order valence-corrected chi connectivity index (χ4v) is 2.67. The van der Waals surface area contributed by atoms with Crippen LogP contribution in [0.25, 0.3) is 0 Å². The first kappa shape index (κ1) is 14.0. The first-order valence-corrected chi connectivity index (χ1v) is 6.81. The number of rotatable bonds is 4. The highest BCUT2D eigenvalue weighted by atomic mass is 16.5. The molecule has 1 aromatic carbocycles. The summed E-state index contributed by atoms with van der Waals surface area (Å²) < 4.78 is 4.84. The van der Waals surface area contributed by atoms with Crippen molar-refractivity contribution in [1.29, 1.82) is 0 Å². The fourth-order valence-electron chi connectivity index (χ4n) is 2.67. The number of esters is 1. The van der Waals surface area contributed by atoms with Crippen molar-refractivity contribution in [3.05, 3.63) is 35.4 Å². The van der Waals surface area contributed by atoms with Gasteiger partial charge in [0.1, 0.15) is 0 Å². The Morgan fingerprint density at radius 2 is 2.26 bits per heavy atom. The third kappa shape index (κ3) is 3.78. The average molecular weight is 262 g/mol. The van der Waals surface area contributed by atoms with Crippen LogP contribution in [0.15, 0.2) is 24.3 Å². The van der Waals surface area contributed by atoms with Crippen LogP contribution in [-0.4, -0.2) is 31.1 Å². The predicted octanol–water partition coefficient (Wildman–Crippen LogP) is 1.53. The second kappa shape index (κ2) is 6.68. The van der Waals surface area contributed by atoms with Crippen LogP contribution in [0.1, 0.15) is 24.0 Å². The second-order valence-electron chi connectivity index (χ2n) is 5.12. The highest BCUT2D eigenvalue weighted by Crippen LogP contribution is 2.19. The molecule has 0 bridgehead atoms. The minimum Gasteiger partial charge on any atom is -0.469 e. The van der Waals surface area contributed by atoms with Gasteiger partial charge in [-0.05, 0) is 30.5 Å². The Kier molecular flexibility index (Phi) is 4.93. The van der Waals surface area contributed by atoms with Crippen LogP contribution in [0, 0.1) is 5.92 Å². The van der Waals surface area contributed by atoms with E-state index in [4.69, 9.17) is 10.5 Å². The van der Waals surface area contributed by atoms with Crippen LogP contribution in [-0.2, 0) is 22.6 Å². The number of carbonyl (C=O) groups excluding carboxylic acids is 1. The quantitative estimate of drug-likeness (QED) is 0.836. The lowest BCUT2D eigenvalue weighted by atomic mass is 9.97. The van der Waals surface area contributed by atoms with Crippen molar-refractivity contribution >= 4 is 5.97 Å². The van der Waals surface area contributed by atoms with Gasteiger partial charge in [-0.15, -0.1) is 0 Å². The van der Waals surface area contributed by atoms with Crippen molar-refractivity contribution < 1.29 is 9.53 Å². The normalized spacial score (nSPS) is 20.2. The van der Waals surface area contributed by atoms with E-state index in [2.05, 4.69) is 17.0 Å². The molecule has 1 aliphatic heterocycles. The smallest absolute Gasteiger partial charge is 0.309 e. The number of piperidine rings is 1. The summed E-state index contributed by atoms with van der Waals surface area (Å²) >= 11 is 0. The molecule has 2 rings (SSSR count). The first-order valence-electron chi connectivity index (χ1n) is 6.81. The zero-order valence-corrected chi connectivity index (χ0v) is 11.5. The van der Waals surface area contributed by atoms with E-state index in [1.807, 2.05) is 12.1 Å². The molecule has 1 atom stereocenters. The molecule has 1 heterocycles. The van der Waals surface area contributed by atoms with Crippen molar-refractivity contribution in [3.8, 4) is 0 Å². The number of hydrogen-bond acceptors (Lipinski definition) is 4. The Bertz CT molecular complexity index is 434. The van der Waals surface area contributed by atoms with Crippen LogP contribution in [0.3, 0.4) is 0 Å². The lowest BCUT2D eigenvalue weighted by Crippen LogP contribution is -2.38. The standard InChI is InChI=1S/C15H22N2O2/c1-19-15(18)14-6-3-7-17(11-14)10-13-5-2-4-12(8-13)9-16/h2,4-5,8,14H,3,6-7,9-11,16H2,1H3. The van der Waals surface area contributed by atoms with Crippen LogP contribution in [0.2, 0.25) is 0 Å². The molecule has 1 unspecified atom stereocenters. The van der Waals surface area contributed by atoms with Gasteiger partial charge in [0.25, 0.3) is 0 Å². The Hall–Kier alpha value is -1.39. The molecular formula is C15H22N2O2.